The van der Waals surface area contributed by atoms with Gasteiger partial charge in [-0.15, -0.1) is 0 Å². The Bertz CT molecular complexity index is 219. The summed E-state index contributed by atoms with van der Waals surface area (Å²) in [4.78, 5) is 0. The summed E-state index contributed by atoms with van der Waals surface area (Å²) in [7, 11) is 1.71. The zero-order valence-corrected chi connectivity index (χ0v) is 8.03. The minimum atomic E-state index is -3.44. The molecule has 0 amide bonds. The van der Waals surface area contributed by atoms with E-state index in [4.69, 9.17) is 10.7 Å². The second-order valence-electron chi connectivity index (χ2n) is 3.02. The summed E-state index contributed by atoms with van der Waals surface area (Å²) in [6, 6.07) is 0. The average Bonchev–Trinajstić information content (AvgIpc) is 1.86. The van der Waals surface area contributed by atoms with Crippen molar-refractivity contribution in [3.8, 4) is 0 Å². The first-order valence-electron chi connectivity index (χ1n) is 3.70. The molecule has 0 radical (unpaired) electrons. The third-order valence-corrected chi connectivity index (χ3v) is 3.62. The van der Waals surface area contributed by atoms with Gasteiger partial charge in [0.25, 0.3) is 9.24 Å². The minimum Gasteiger partial charge on any atom is -0.195 e. The van der Waals surface area contributed by atoms with Gasteiger partial charge in [-0.1, -0.05) is 6.92 Å². The lowest BCUT2D eigenvalue weighted by atomic mass is 10.0. The Morgan fingerprint density at radius 2 is 1.82 bits per heavy atom. The Balaban J connectivity index is 2.53. The van der Waals surface area contributed by atoms with Gasteiger partial charge in [-0.2, -0.15) is 12.7 Å². The molecule has 1 rings (SSSR count). The van der Waals surface area contributed by atoms with Crippen LogP contribution in [0.25, 0.3) is 0 Å². The predicted octanol–water partition coefficient (Wildman–Crippen LogP) is 1.20. The molecule has 3 nitrogen and oxygen atoms in total. The van der Waals surface area contributed by atoms with Crippen LogP contribution in [0.3, 0.4) is 0 Å². The van der Waals surface area contributed by atoms with Crippen LogP contribution in [0.2, 0.25) is 0 Å². The maximum Gasteiger partial charge on any atom is 0.299 e. The van der Waals surface area contributed by atoms with Crippen molar-refractivity contribution in [2.75, 3.05) is 13.1 Å². The number of rotatable bonds is 1. The van der Waals surface area contributed by atoms with Crippen LogP contribution >= 0.6 is 10.7 Å². The molecule has 1 aliphatic heterocycles. The highest BCUT2D eigenvalue weighted by molar-refractivity contribution is 8.11. The second kappa shape index (κ2) is 3.29. The van der Waals surface area contributed by atoms with E-state index in [1.54, 1.807) is 0 Å². The van der Waals surface area contributed by atoms with Crippen LogP contribution in [0, 0.1) is 5.92 Å². The number of halogens is 1. The third-order valence-electron chi connectivity index (χ3n) is 2.05. The summed E-state index contributed by atoms with van der Waals surface area (Å²) in [6.07, 6.45) is 1.85. The molecule has 0 unspecified atom stereocenters. The van der Waals surface area contributed by atoms with E-state index >= 15 is 0 Å². The fraction of sp³-hybridized carbons (Fsp3) is 1.00. The molecule has 1 heterocycles. The van der Waals surface area contributed by atoms with Gasteiger partial charge in [0.15, 0.2) is 0 Å². The van der Waals surface area contributed by atoms with E-state index in [1.165, 1.54) is 4.31 Å². The highest BCUT2D eigenvalue weighted by Gasteiger charge is 2.23. The summed E-state index contributed by atoms with van der Waals surface area (Å²) in [6.45, 7) is 3.28. The maximum atomic E-state index is 10.8. The lowest BCUT2D eigenvalue weighted by Crippen LogP contribution is -2.35. The van der Waals surface area contributed by atoms with E-state index in [0.717, 1.165) is 12.8 Å². The molecule has 1 saturated heterocycles. The van der Waals surface area contributed by atoms with Crippen molar-refractivity contribution in [3.05, 3.63) is 0 Å². The highest BCUT2D eigenvalue weighted by Crippen LogP contribution is 2.19. The quantitative estimate of drug-likeness (QED) is 0.593. The highest BCUT2D eigenvalue weighted by atomic mass is 35.7. The van der Waals surface area contributed by atoms with Crippen molar-refractivity contribution in [1.29, 1.82) is 0 Å². The summed E-state index contributed by atoms with van der Waals surface area (Å²) in [5.74, 6) is 0.629. The molecule has 0 N–H and O–H groups in total. The van der Waals surface area contributed by atoms with E-state index in [0.29, 0.717) is 19.0 Å². The molecule has 0 bridgehead atoms. The average molecular weight is 198 g/mol. The van der Waals surface area contributed by atoms with Gasteiger partial charge < -0.3 is 0 Å². The van der Waals surface area contributed by atoms with Gasteiger partial charge in [0.1, 0.15) is 0 Å². The monoisotopic (exact) mass is 197 g/mol. The van der Waals surface area contributed by atoms with Crippen LogP contribution in [0.5, 0.6) is 0 Å². The number of nitrogens with zero attached hydrogens (tertiary/aromatic N) is 1. The zero-order chi connectivity index (χ0) is 8.48. The Morgan fingerprint density at radius 3 is 2.18 bits per heavy atom. The van der Waals surface area contributed by atoms with E-state index < -0.39 is 9.24 Å². The molecule has 0 spiro atoms. The van der Waals surface area contributed by atoms with Gasteiger partial charge in [0.2, 0.25) is 0 Å². The summed E-state index contributed by atoms with van der Waals surface area (Å²) >= 11 is 0. The maximum absolute atomic E-state index is 10.8. The summed E-state index contributed by atoms with van der Waals surface area (Å²) in [5.41, 5.74) is 0. The number of piperidine rings is 1. The molecule has 1 fully saturated rings. The third kappa shape index (κ3) is 2.61. The smallest absolute Gasteiger partial charge is 0.195 e. The molecular weight excluding hydrogens is 186 g/mol. The van der Waals surface area contributed by atoms with Crippen LogP contribution in [0.4, 0.5) is 0 Å². The van der Waals surface area contributed by atoms with Gasteiger partial charge in [-0.3, -0.25) is 0 Å². The molecule has 0 aliphatic carbocycles. The topological polar surface area (TPSA) is 37.4 Å². The van der Waals surface area contributed by atoms with Crippen molar-refractivity contribution in [2.45, 2.75) is 19.8 Å². The van der Waals surface area contributed by atoms with E-state index in [1.807, 2.05) is 0 Å². The largest absolute Gasteiger partial charge is 0.299 e. The molecule has 5 heteroatoms. The Morgan fingerprint density at radius 1 is 1.36 bits per heavy atom. The van der Waals surface area contributed by atoms with E-state index in [2.05, 4.69) is 6.92 Å². The van der Waals surface area contributed by atoms with Crippen LogP contribution in [0.1, 0.15) is 19.8 Å². The van der Waals surface area contributed by atoms with Crippen LogP contribution in [-0.4, -0.2) is 25.8 Å². The molecule has 0 aromatic rings. The molecule has 0 aromatic heterocycles. The van der Waals surface area contributed by atoms with Crippen molar-refractivity contribution in [2.24, 2.45) is 5.92 Å². The normalized spacial score (nSPS) is 23.8. The van der Waals surface area contributed by atoms with Crippen molar-refractivity contribution < 1.29 is 8.42 Å². The fourth-order valence-electron chi connectivity index (χ4n) is 1.20. The van der Waals surface area contributed by atoms with Crippen molar-refractivity contribution >= 4 is 19.9 Å². The molecule has 0 aromatic carbocycles. The SMILES string of the molecule is CC1CCN(S(=O)(=O)Cl)CC1. The fourth-order valence-corrected chi connectivity index (χ4v) is 2.26. The molecule has 11 heavy (non-hydrogen) atoms. The van der Waals surface area contributed by atoms with E-state index in [9.17, 15) is 8.42 Å². The van der Waals surface area contributed by atoms with Gasteiger partial charge in [0, 0.05) is 23.8 Å². The van der Waals surface area contributed by atoms with Crippen LogP contribution < -0.4 is 0 Å². The Hall–Kier alpha value is 0.200. The van der Waals surface area contributed by atoms with Crippen molar-refractivity contribution in [3.63, 3.8) is 0 Å². The summed E-state index contributed by atoms with van der Waals surface area (Å²) < 4.78 is 22.9. The lowest BCUT2D eigenvalue weighted by Gasteiger charge is -2.26. The zero-order valence-electron chi connectivity index (χ0n) is 6.46. The molecular formula is C6H12ClNO2S. The Kier molecular flexibility index (Phi) is 2.78. The molecule has 66 valence electrons. The molecule has 1 aliphatic rings. The molecule has 0 saturated carbocycles. The number of hydrogen-bond donors (Lipinski definition) is 0. The Labute approximate surface area is 71.9 Å². The van der Waals surface area contributed by atoms with Crippen molar-refractivity contribution in [1.82, 2.24) is 4.31 Å². The minimum absolute atomic E-state index is 0.576. The summed E-state index contributed by atoms with van der Waals surface area (Å²) in [5, 5.41) is 0. The molecule has 0 atom stereocenters. The first-order valence-corrected chi connectivity index (χ1v) is 5.96. The lowest BCUT2D eigenvalue weighted by molar-refractivity contribution is 0.292. The van der Waals surface area contributed by atoms with Gasteiger partial charge in [0.05, 0.1) is 0 Å². The first-order chi connectivity index (χ1) is 5.00. The van der Waals surface area contributed by atoms with Crippen LogP contribution in [0.15, 0.2) is 0 Å². The van der Waals surface area contributed by atoms with Gasteiger partial charge in [-0.25, -0.2) is 0 Å². The number of hydrogen-bond acceptors (Lipinski definition) is 2. The van der Waals surface area contributed by atoms with Gasteiger partial charge >= 0.3 is 0 Å². The predicted molar refractivity (Wildman–Crippen MR) is 44.7 cm³/mol. The van der Waals surface area contributed by atoms with Crippen LogP contribution in [-0.2, 0) is 9.24 Å². The second-order valence-corrected chi connectivity index (χ2v) is 5.53. The van der Waals surface area contributed by atoms with E-state index in [-0.39, 0.29) is 0 Å². The first kappa shape index (κ1) is 9.29. The van der Waals surface area contributed by atoms with Gasteiger partial charge in [-0.05, 0) is 18.8 Å². The standard InChI is InChI=1S/C6H12ClNO2S/c1-6-2-4-8(5-3-6)11(7,9)10/h6H,2-5H2,1H3.